The highest BCUT2D eigenvalue weighted by Crippen LogP contribution is 2.29. The topological polar surface area (TPSA) is 55.8 Å². The highest BCUT2D eigenvalue weighted by molar-refractivity contribution is 5.79. The maximum Gasteiger partial charge on any atom is 0.234 e. The molecule has 2 fully saturated rings. The van der Waals surface area contributed by atoms with Gasteiger partial charge in [-0.25, -0.2) is 0 Å². The van der Waals surface area contributed by atoms with Gasteiger partial charge in [0.05, 0.1) is 18.7 Å². The quantitative estimate of drug-likeness (QED) is 0.823. The van der Waals surface area contributed by atoms with Gasteiger partial charge in [-0.1, -0.05) is 43.2 Å². The predicted molar refractivity (Wildman–Crippen MR) is 94.6 cm³/mol. The highest BCUT2D eigenvalue weighted by atomic mass is 16.3. The fourth-order valence-electron chi connectivity index (χ4n) is 3.86. The van der Waals surface area contributed by atoms with E-state index in [1.165, 1.54) is 5.56 Å². The fourth-order valence-corrected chi connectivity index (χ4v) is 3.86. The third-order valence-corrected chi connectivity index (χ3v) is 5.35. The molecule has 132 valence electrons. The molecule has 24 heavy (non-hydrogen) atoms. The second-order valence-corrected chi connectivity index (χ2v) is 7.23. The number of benzene rings is 1. The van der Waals surface area contributed by atoms with Crippen LogP contribution < -0.4 is 5.32 Å². The van der Waals surface area contributed by atoms with E-state index in [1.54, 1.807) is 0 Å². The number of rotatable bonds is 6. The molecule has 0 atom stereocenters. The Morgan fingerprint density at radius 1 is 1.04 bits per heavy atom. The van der Waals surface area contributed by atoms with E-state index in [-0.39, 0.29) is 18.1 Å². The van der Waals surface area contributed by atoms with Crippen LogP contribution in [-0.4, -0.2) is 65.7 Å². The highest BCUT2D eigenvalue weighted by Gasteiger charge is 2.34. The van der Waals surface area contributed by atoms with E-state index in [2.05, 4.69) is 39.4 Å². The molecule has 1 aliphatic carbocycles. The fraction of sp³-hybridized carbons (Fsp3) is 0.632. The number of aliphatic hydroxyl groups is 1. The summed E-state index contributed by atoms with van der Waals surface area (Å²) in [6, 6.07) is 10.5. The second-order valence-electron chi connectivity index (χ2n) is 7.23. The van der Waals surface area contributed by atoms with Gasteiger partial charge in [0.1, 0.15) is 0 Å². The number of carbonyl (C=O) groups excluding carboxylic acids is 1. The summed E-state index contributed by atoms with van der Waals surface area (Å²) in [6.07, 6.45) is 4.00. The molecule has 1 aromatic rings. The number of aliphatic hydroxyl groups excluding tert-OH is 1. The van der Waals surface area contributed by atoms with Crippen LogP contribution in [0.2, 0.25) is 0 Å². The Balaban J connectivity index is 1.41. The van der Waals surface area contributed by atoms with E-state index in [9.17, 15) is 9.90 Å². The van der Waals surface area contributed by atoms with Gasteiger partial charge in [-0.3, -0.25) is 14.6 Å². The van der Waals surface area contributed by atoms with E-state index >= 15 is 0 Å². The van der Waals surface area contributed by atoms with Gasteiger partial charge in [0, 0.05) is 32.7 Å². The number of nitrogens with one attached hydrogen (secondary N) is 1. The smallest absolute Gasteiger partial charge is 0.234 e. The third-order valence-electron chi connectivity index (χ3n) is 5.35. The minimum absolute atomic E-state index is 0.0578. The number of carbonyl (C=O) groups is 1. The van der Waals surface area contributed by atoms with Crippen molar-refractivity contribution in [2.45, 2.75) is 37.8 Å². The zero-order valence-corrected chi connectivity index (χ0v) is 14.4. The lowest BCUT2D eigenvalue weighted by Crippen LogP contribution is -2.54. The molecule has 1 saturated carbocycles. The van der Waals surface area contributed by atoms with Crippen LogP contribution in [0, 0.1) is 0 Å². The Morgan fingerprint density at radius 2 is 1.67 bits per heavy atom. The first-order valence-corrected chi connectivity index (χ1v) is 9.10. The Labute approximate surface area is 144 Å². The summed E-state index contributed by atoms with van der Waals surface area (Å²) in [4.78, 5) is 17.0. The first-order valence-electron chi connectivity index (χ1n) is 9.10. The lowest BCUT2D eigenvalue weighted by atomic mass is 9.99. The SMILES string of the molecule is O=C(CN1CCN(Cc2ccccc2)CC1)NC1(CO)CCCC1. The molecular weight excluding hydrogens is 302 g/mol. The molecule has 5 nitrogen and oxygen atoms in total. The zero-order chi connectivity index (χ0) is 16.8. The molecular formula is C19H29N3O2. The predicted octanol–water partition coefficient (Wildman–Crippen LogP) is 1.23. The molecule has 1 amide bonds. The molecule has 0 aromatic heterocycles. The number of hydrogen-bond acceptors (Lipinski definition) is 4. The van der Waals surface area contributed by atoms with Gasteiger partial charge in [-0.05, 0) is 18.4 Å². The number of hydrogen-bond donors (Lipinski definition) is 2. The molecule has 0 bridgehead atoms. The van der Waals surface area contributed by atoms with Crippen LogP contribution in [0.25, 0.3) is 0 Å². The van der Waals surface area contributed by atoms with Crippen molar-refractivity contribution in [1.82, 2.24) is 15.1 Å². The second kappa shape index (κ2) is 8.10. The van der Waals surface area contributed by atoms with Crippen LogP contribution >= 0.6 is 0 Å². The van der Waals surface area contributed by atoms with Crippen LogP contribution in [0.3, 0.4) is 0 Å². The van der Waals surface area contributed by atoms with E-state index in [0.717, 1.165) is 58.4 Å². The summed E-state index contributed by atoms with van der Waals surface area (Å²) in [7, 11) is 0. The normalized spacial score (nSPS) is 21.7. The third kappa shape index (κ3) is 4.56. The Bertz CT molecular complexity index is 521. The van der Waals surface area contributed by atoms with Gasteiger partial charge in [-0.15, -0.1) is 0 Å². The molecule has 5 heteroatoms. The van der Waals surface area contributed by atoms with Crippen molar-refractivity contribution in [2.24, 2.45) is 0 Å². The summed E-state index contributed by atoms with van der Waals surface area (Å²) in [5.74, 6) is 0.0578. The molecule has 3 rings (SSSR count). The lowest BCUT2D eigenvalue weighted by molar-refractivity contribution is -0.125. The van der Waals surface area contributed by atoms with Gasteiger partial charge >= 0.3 is 0 Å². The monoisotopic (exact) mass is 331 g/mol. The molecule has 0 spiro atoms. The van der Waals surface area contributed by atoms with E-state index in [0.29, 0.717) is 6.54 Å². The minimum Gasteiger partial charge on any atom is -0.394 e. The summed E-state index contributed by atoms with van der Waals surface area (Å²) >= 11 is 0. The van der Waals surface area contributed by atoms with Crippen LogP contribution in [0.15, 0.2) is 30.3 Å². The molecule has 2 aliphatic rings. The Hall–Kier alpha value is -1.43. The van der Waals surface area contributed by atoms with Gasteiger partial charge in [0.2, 0.25) is 5.91 Å². The average molecular weight is 331 g/mol. The Kier molecular flexibility index (Phi) is 5.87. The van der Waals surface area contributed by atoms with Crippen molar-refractivity contribution in [1.29, 1.82) is 0 Å². The van der Waals surface area contributed by atoms with Gasteiger partial charge in [-0.2, -0.15) is 0 Å². The summed E-state index contributed by atoms with van der Waals surface area (Å²) in [5.41, 5.74) is 0.987. The maximum absolute atomic E-state index is 12.3. The number of amides is 1. The molecule has 1 saturated heterocycles. The molecule has 1 aliphatic heterocycles. The molecule has 1 heterocycles. The Morgan fingerprint density at radius 3 is 2.29 bits per heavy atom. The number of piperazine rings is 1. The van der Waals surface area contributed by atoms with Crippen LogP contribution in [0.1, 0.15) is 31.2 Å². The van der Waals surface area contributed by atoms with Crippen molar-refractivity contribution in [3.05, 3.63) is 35.9 Å². The van der Waals surface area contributed by atoms with Crippen molar-refractivity contribution >= 4 is 5.91 Å². The first kappa shape index (κ1) is 17.4. The van der Waals surface area contributed by atoms with Crippen molar-refractivity contribution < 1.29 is 9.90 Å². The summed E-state index contributed by atoms with van der Waals surface area (Å²) in [5, 5.41) is 12.7. The van der Waals surface area contributed by atoms with E-state index in [1.807, 2.05) is 6.07 Å². The molecule has 0 radical (unpaired) electrons. The van der Waals surface area contributed by atoms with E-state index < -0.39 is 0 Å². The van der Waals surface area contributed by atoms with Crippen LogP contribution in [0.4, 0.5) is 0 Å². The zero-order valence-electron chi connectivity index (χ0n) is 14.4. The van der Waals surface area contributed by atoms with Gasteiger partial charge in [0.15, 0.2) is 0 Å². The standard InChI is InChI=1S/C19H29N3O2/c23-16-19(8-4-5-9-19)20-18(24)15-22-12-10-21(11-13-22)14-17-6-2-1-3-7-17/h1-3,6-7,23H,4-5,8-16H2,(H,20,24). The molecule has 2 N–H and O–H groups in total. The maximum atomic E-state index is 12.3. The van der Waals surface area contributed by atoms with Crippen LogP contribution in [-0.2, 0) is 11.3 Å². The lowest BCUT2D eigenvalue weighted by Gasteiger charge is -2.35. The van der Waals surface area contributed by atoms with E-state index in [4.69, 9.17) is 0 Å². The summed E-state index contributed by atoms with van der Waals surface area (Å²) < 4.78 is 0. The molecule has 1 aromatic carbocycles. The summed E-state index contributed by atoms with van der Waals surface area (Å²) in [6.45, 7) is 5.32. The van der Waals surface area contributed by atoms with Gasteiger partial charge in [0.25, 0.3) is 0 Å². The molecule has 0 unspecified atom stereocenters. The van der Waals surface area contributed by atoms with Gasteiger partial charge < -0.3 is 10.4 Å². The van der Waals surface area contributed by atoms with Crippen molar-refractivity contribution in [3.8, 4) is 0 Å². The largest absolute Gasteiger partial charge is 0.394 e. The first-order chi connectivity index (χ1) is 11.7. The minimum atomic E-state index is -0.355. The van der Waals surface area contributed by atoms with Crippen molar-refractivity contribution in [3.63, 3.8) is 0 Å². The average Bonchev–Trinajstić information content (AvgIpc) is 3.06. The van der Waals surface area contributed by atoms with Crippen molar-refractivity contribution in [2.75, 3.05) is 39.3 Å². The number of nitrogens with zero attached hydrogens (tertiary/aromatic N) is 2. The van der Waals surface area contributed by atoms with Crippen LogP contribution in [0.5, 0.6) is 0 Å².